The maximum Gasteiger partial charge on any atom is 0.0492 e. The fourth-order valence-electron chi connectivity index (χ4n) is 0.495. The molecule has 0 saturated heterocycles. The summed E-state index contributed by atoms with van der Waals surface area (Å²) >= 11 is 0. The van der Waals surface area contributed by atoms with Crippen molar-refractivity contribution in [3.63, 3.8) is 0 Å². The lowest BCUT2D eigenvalue weighted by Crippen LogP contribution is -1.86. The highest BCUT2D eigenvalue weighted by atomic mass is 15.2. The molecule has 0 amide bonds. The molecule has 42 valence electrons. The van der Waals surface area contributed by atoms with E-state index in [9.17, 15) is 0 Å². The van der Waals surface area contributed by atoms with Gasteiger partial charge in [0.05, 0.1) is 0 Å². The van der Waals surface area contributed by atoms with Gasteiger partial charge in [0.2, 0.25) is 0 Å². The Bertz CT molecular complexity index is 129. The standard InChI is InChI=1S/C6H8N2/c1-6-3-2-4-7-8-5-6/h2-6H,1H3. The summed E-state index contributed by atoms with van der Waals surface area (Å²) in [5, 5.41) is 7.41. The van der Waals surface area contributed by atoms with E-state index in [0.29, 0.717) is 5.92 Å². The third-order valence-corrected chi connectivity index (χ3v) is 0.936. The molecule has 0 N–H and O–H groups in total. The molecule has 0 aliphatic carbocycles. The van der Waals surface area contributed by atoms with Gasteiger partial charge in [0.1, 0.15) is 0 Å². The average molecular weight is 108 g/mol. The summed E-state index contributed by atoms with van der Waals surface area (Å²) in [7, 11) is 0. The molecule has 0 bridgehead atoms. The molecule has 1 unspecified atom stereocenters. The molecular weight excluding hydrogens is 100 g/mol. The molecule has 2 heteroatoms. The van der Waals surface area contributed by atoms with Crippen molar-refractivity contribution in [2.24, 2.45) is 16.1 Å². The Morgan fingerprint density at radius 2 is 2.25 bits per heavy atom. The van der Waals surface area contributed by atoms with E-state index < -0.39 is 0 Å². The first-order valence-electron chi connectivity index (χ1n) is 2.63. The van der Waals surface area contributed by atoms with Crippen molar-refractivity contribution >= 4 is 12.4 Å². The van der Waals surface area contributed by atoms with E-state index in [1.165, 1.54) is 0 Å². The SMILES string of the molecule is CC1C=CC=NN=C1. The van der Waals surface area contributed by atoms with Crippen LogP contribution in [0.25, 0.3) is 0 Å². The van der Waals surface area contributed by atoms with Gasteiger partial charge in [-0.25, -0.2) is 0 Å². The van der Waals surface area contributed by atoms with Gasteiger partial charge in [0.15, 0.2) is 0 Å². The van der Waals surface area contributed by atoms with Crippen LogP contribution in [0.5, 0.6) is 0 Å². The fraction of sp³-hybridized carbons (Fsp3) is 0.333. The second-order valence-corrected chi connectivity index (χ2v) is 1.77. The molecule has 0 aromatic heterocycles. The number of hydrogen-bond acceptors (Lipinski definition) is 2. The Hall–Kier alpha value is -0.920. The Balaban J connectivity index is 2.66. The molecule has 1 aliphatic rings. The van der Waals surface area contributed by atoms with Crippen LogP contribution in [0, 0.1) is 5.92 Å². The van der Waals surface area contributed by atoms with E-state index in [1.807, 2.05) is 12.2 Å². The van der Waals surface area contributed by atoms with Gasteiger partial charge in [-0.1, -0.05) is 13.0 Å². The van der Waals surface area contributed by atoms with Crippen molar-refractivity contribution in [3.05, 3.63) is 12.2 Å². The smallest absolute Gasteiger partial charge is 0.0492 e. The topological polar surface area (TPSA) is 24.7 Å². The molecule has 1 atom stereocenters. The molecule has 2 nitrogen and oxygen atoms in total. The molecule has 0 spiro atoms. The van der Waals surface area contributed by atoms with E-state index in [2.05, 4.69) is 17.1 Å². The number of hydrogen-bond donors (Lipinski definition) is 0. The van der Waals surface area contributed by atoms with Crippen LogP contribution >= 0.6 is 0 Å². The van der Waals surface area contributed by atoms with Crippen molar-refractivity contribution in [2.45, 2.75) is 6.92 Å². The van der Waals surface area contributed by atoms with Crippen molar-refractivity contribution in [3.8, 4) is 0 Å². The fourth-order valence-corrected chi connectivity index (χ4v) is 0.495. The molecule has 0 fully saturated rings. The minimum absolute atomic E-state index is 0.428. The summed E-state index contributed by atoms with van der Waals surface area (Å²) < 4.78 is 0. The largest absolute Gasteiger partial charge is 0.163 e. The quantitative estimate of drug-likeness (QED) is 0.446. The minimum Gasteiger partial charge on any atom is -0.163 e. The Morgan fingerprint density at radius 1 is 1.38 bits per heavy atom. The summed E-state index contributed by atoms with van der Waals surface area (Å²) in [4.78, 5) is 0. The summed E-state index contributed by atoms with van der Waals surface area (Å²) in [5.41, 5.74) is 0. The molecule has 0 saturated carbocycles. The van der Waals surface area contributed by atoms with Crippen LogP contribution in [0.3, 0.4) is 0 Å². The Labute approximate surface area is 48.6 Å². The first-order chi connectivity index (χ1) is 3.89. The summed E-state index contributed by atoms with van der Waals surface area (Å²) in [6.45, 7) is 2.06. The molecule has 0 radical (unpaired) electrons. The number of rotatable bonds is 0. The van der Waals surface area contributed by atoms with E-state index in [4.69, 9.17) is 0 Å². The van der Waals surface area contributed by atoms with Gasteiger partial charge in [0.25, 0.3) is 0 Å². The van der Waals surface area contributed by atoms with E-state index in [-0.39, 0.29) is 0 Å². The van der Waals surface area contributed by atoms with Gasteiger partial charge >= 0.3 is 0 Å². The van der Waals surface area contributed by atoms with Crippen LogP contribution in [-0.2, 0) is 0 Å². The average Bonchev–Trinajstić information content (AvgIpc) is 1.94. The molecule has 0 aromatic carbocycles. The van der Waals surface area contributed by atoms with Crippen LogP contribution in [0.2, 0.25) is 0 Å². The molecular formula is C6H8N2. The second-order valence-electron chi connectivity index (χ2n) is 1.77. The zero-order chi connectivity index (χ0) is 5.82. The predicted octanol–water partition coefficient (Wildman–Crippen LogP) is 1.25. The van der Waals surface area contributed by atoms with Gasteiger partial charge in [-0.05, 0) is 6.08 Å². The van der Waals surface area contributed by atoms with Crippen molar-refractivity contribution < 1.29 is 0 Å². The van der Waals surface area contributed by atoms with Gasteiger partial charge in [0, 0.05) is 18.3 Å². The monoisotopic (exact) mass is 108 g/mol. The highest BCUT2D eigenvalue weighted by Crippen LogP contribution is 1.94. The zero-order valence-electron chi connectivity index (χ0n) is 4.78. The molecule has 1 aliphatic heterocycles. The maximum absolute atomic E-state index is 3.73. The lowest BCUT2D eigenvalue weighted by atomic mass is 10.2. The van der Waals surface area contributed by atoms with Crippen LogP contribution in [0.15, 0.2) is 22.4 Å². The van der Waals surface area contributed by atoms with Gasteiger partial charge in [-0.3, -0.25) is 0 Å². The van der Waals surface area contributed by atoms with Crippen molar-refractivity contribution in [1.29, 1.82) is 0 Å². The first kappa shape index (κ1) is 5.22. The molecule has 1 rings (SSSR count). The van der Waals surface area contributed by atoms with Crippen molar-refractivity contribution in [1.82, 2.24) is 0 Å². The van der Waals surface area contributed by atoms with Crippen LogP contribution in [0.4, 0.5) is 0 Å². The summed E-state index contributed by atoms with van der Waals surface area (Å²) in [6, 6.07) is 0. The zero-order valence-corrected chi connectivity index (χ0v) is 4.78. The summed E-state index contributed by atoms with van der Waals surface area (Å²) in [5.74, 6) is 0.428. The molecule has 8 heavy (non-hydrogen) atoms. The highest BCUT2D eigenvalue weighted by molar-refractivity contribution is 5.75. The van der Waals surface area contributed by atoms with Gasteiger partial charge in [-0.15, -0.1) is 0 Å². The lowest BCUT2D eigenvalue weighted by Gasteiger charge is -1.88. The van der Waals surface area contributed by atoms with E-state index in [1.54, 1.807) is 12.4 Å². The van der Waals surface area contributed by atoms with E-state index >= 15 is 0 Å². The highest BCUT2D eigenvalue weighted by Gasteiger charge is 1.89. The van der Waals surface area contributed by atoms with Crippen LogP contribution in [0.1, 0.15) is 6.92 Å². The van der Waals surface area contributed by atoms with Gasteiger partial charge < -0.3 is 0 Å². The van der Waals surface area contributed by atoms with E-state index in [0.717, 1.165) is 0 Å². The normalized spacial score (nSPS) is 25.9. The predicted molar refractivity (Wildman–Crippen MR) is 35.3 cm³/mol. The maximum atomic E-state index is 3.73. The Kier molecular flexibility index (Phi) is 1.57. The minimum atomic E-state index is 0.428. The lowest BCUT2D eigenvalue weighted by molar-refractivity contribution is 1.02. The van der Waals surface area contributed by atoms with Gasteiger partial charge in [-0.2, -0.15) is 10.2 Å². The summed E-state index contributed by atoms with van der Waals surface area (Å²) in [6.07, 6.45) is 7.43. The first-order valence-corrected chi connectivity index (χ1v) is 2.63. The van der Waals surface area contributed by atoms with Crippen molar-refractivity contribution in [2.75, 3.05) is 0 Å². The van der Waals surface area contributed by atoms with Crippen LogP contribution in [-0.4, -0.2) is 12.4 Å². The second kappa shape index (κ2) is 2.40. The number of nitrogens with zero attached hydrogens (tertiary/aromatic N) is 2. The Morgan fingerprint density at radius 3 is 3.12 bits per heavy atom. The third kappa shape index (κ3) is 1.30. The number of allylic oxidation sites excluding steroid dienone is 2. The van der Waals surface area contributed by atoms with Crippen LogP contribution < -0.4 is 0 Å². The third-order valence-electron chi connectivity index (χ3n) is 0.936. The molecule has 0 aromatic rings. The molecule has 1 heterocycles.